The molecule has 1 saturated carbocycles. The van der Waals surface area contributed by atoms with E-state index in [0.717, 1.165) is 23.3 Å². The van der Waals surface area contributed by atoms with Crippen molar-refractivity contribution in [2.45, 2.75) is 39.2 Å². The molecule has 1 aromatic heterocycles. The average Bonchev–Trinajstić information content (AvgIpc) is 2.93. The third-order valence-electron chi connectivity index (χ3n) is 5.72. The molecule has 152 valence electrons. The summed E-state index contributed by atoms with van der Waals surface area (Å²) in [6.07, 6.45) is 3.22. The van der Waals surface area contributed by atoms with Crippen molar-refractivity contribution < 1.29 is 23.5 Å². The molecule has 2 atom stereocenters. The van der Waals surface area contributed by atoms with Gasteiger partial charge in [0.1, 0.15) is 18.7 Å². The molecule has 2 amide bonds. The maximum absolute atomic E-state index is 12.5. The van der Waals surface area contributed by atoms with Crippen LogP contribution < -0.4 is 5.63 Å². The topological polar surface area (TPSA) is 93.9 Å². The number of carbonyl (C=O) groups is 3. The highest BCUT2D eigenvalue weighted by molar-refractivity contribution is 6.32. The molecule has 0 spiro atoms. The van der Waals surface area contributed by atoms with Crippen molar-refractivity contribution in [1.82, 2.24) is 4.90 Å². The van der Waals surface area contributed by atoms with E-state index in [9.17, 15) is 19.2 Å². The van der Waals surface area contributed by atoms with Crippen molar-refractivity contribution in [2.24, 2.45) is 11.8 Å². The third-order valence-corrected chi connectivity index (χ3v) is 6.12. The molecule has 1 aliphatic carbocycles. The van der Waals surface area contributed by atoms with E-state index in [0.29, 0.717) is 34.4 Å². The molecular formula is C21H20ClNO6. The second-order valence-electron chi connectivity index (χ2n) is 7.61. The Morgan fingerprint density at radius 1 is 1.14 bits per heavy atom. The lowest BCUT2D eigenvalue weighted by Crippen LogP contribution is -2.36. The zero-order valence-electron chi connectivity index (χ0n) is 15.9. The van der Waals surface area contributed by atoms with Crippen LogP contribution in [0.4, 0.5) is 0 Å². The smallest absolute Gasteiger partial charge is 0.336 e. The number of carbonyl (C=O) groups excluding carboxylic acids is 3. The van der Waals surface area contributed by atoms with E-state index < -0.39 is 18.1 Å². The minimum atomic E-state index is -0.704. The zero-order valence-corrected chi connectivity index (χ0v) is 16.7. The van der Waals surface area contributed by atoms with E-state index in [2.05, 4.69) is 0 Å². The number of esters is 1. The molecular weight excluding hydrogens is 398 g/mol. The highest BCUT2D eigenvalue weighted by Gasteiger charge is 2.48. The molecule has 0 radical (unpaired) electrons. The van der Waals surface area contributed by atoms with Gasteiger partial charge in [0.25, 0.3) is 0 Å². The average molecular weight is 418 g/mol. The number of fused-ring (bicyclic) bond motifs is 2. The maximum Gasteiger partial charge on any atom is 0.336 e. The summed E-state index contributed by atoms with van der Waals surface area (Å²) < 4.78 is 10.4. The number of imide groups is 1. The van der Waals surface area contributed by atoms with Gasteiger partial charge in [-0.25, -0.2) is 4.79 Å². The molecule has 1 aromatic carbocycles. The summed E-state index contributed by atoms with van der Waals surface area (Å²) in [6, 6.07) is 4.53. The fourth-order valence-corrected chi connectivity index (χ4v) is 4.35. The van der Waals surface area contributed by atoms with E-state index in [-0.39, 0.29) is 30.3 Å². The molecule has 2 aromatic rings. The second-order valence-corrected chi connectivity index (χ2v) is 8.02. The van der Waals surface area contributed by atoms with Gasteiger partial charge in [0.15, 0.2) is 0 Å². The van der Waals surface area contributed by atoms with Crippen molar-refractivity contribution >= 4 is 40.4 Å². The summed E-state index contributed by atoms with van der Waals surface area (Å²) in [4.78, 5) is 50.1. The largest absolute Gasteiger partial charge is 0.459 e. The van der Waals surface area contributed by atoms with Gasteiger partial charge in [-0.2, -0.15) is 0 Å². The first kappa shape index (κ1) is 19.6. The lowest BCUT2D eigenvalue weighted by molar-refractivity contribution is -0.153. The quantitative estimate of drug-likeness (QED) is 0.431. The Morgan fingerprint density at radius 2 is 1.79 bits per heavy atom. The molecule has 4 rings (SSSR count). The van der Waals surface area contributed by atoms with E-state index in [1.54, 1.807) is 19.1 Å². The van der Waals surface area contributed by atoms with Crippen molar-refractivity contribution in [2.75, 3.05) is 6.54 Å². The van der Waals surface area contributed by atoms with Crippen molar-refractivity contribution in [1.29, 1.82) is 0 Å². The summed E-state index contributed by atoms with van der Waals surface area (Å²) in [6.45, 7) is 1.18. The number of benzene rings is 1. The van der Waals surface area contributed by atoms with Crippen LogP contribution in [0.25, 0.3) is 11.0 Å². The van der Waals surface area contributed by atoms with Crippen LogP contribution in [-0.4, -0.2) is 29.2 Å². The molecule has 1 aliphatic heterocycles. The molecule has 2 aliphatic rings. The van der Waals surface area contributed by atoms with Crippen LogP contribution in [0, 0.1) is 18.8 Å². The van der Waals surface area contributed by atoms with E-state index in [1.807, 2.05) is 0 Å². The fourth-order valence-electron chi connectivity index (χ4n) is 4.19. The predicted molar refractivity (Wildman–Crippen MR) is 104 cm³/mol. The lowest BCUT2D eigenvalue weighted by atomic mass is 9.81. The highest BCUT2D eigenvalue weighted by atomic mass is 35.5. The number of likely N-dealkylation sites (tertiary alicyclic amines) is 1. The van der Waals surface area contributed by atoms with Gasteiger partial charge in [-0.05, 0) is 37.5 Å². The predicted octanol–water partition coefficient (Wildman–Crippen LogP) is 2.97. The van der Waals surface area contributed by atoms with Crippen LogP contribution in [0.5, 0.6) is 0 Å². The normalized spacial score (nSPS) is 21.5. The number of ether oxygens (including phenoxy) is 1. The SMILES string of the molecule is Cc1cc2oc(=O)cc(COC(=O)CN3C(=O)C4CCCCC4C3=O)c2cc1Cl. The number of aryl methyl sites for hydroxylation is 1. The van der Waals surface area contributed by atoms with Gasteiger partial charge in [0.05, 0.1) is 11.8 Å². The number of nitrogens with zero attached hydrogens (tertiary/aromatic N) is 1. The monoisotopic (exact) mass is 417 g/mol. The van der Waals surface area contributed by atoms with Crippen LogP contribution in [0.15, 0.2) is 27.4 Å². The Labute approximate surface area is 171 Å². The summed E-state index contributed by atoms with van der Waals surface area (Å²) >= 11 is 6.16. The minimum Gasteiger partial charge on any atom is -0.459 e. The summed E-state index contributed by atoms with van der Waals surface area (Å²) in [5, 5.41) is 1.06. The Bertz CT molecular complexity index is 1050. The van der Waals surface area contributed by atoms with Gasteiger partial charge < -0.3 is 9.15 Å². The lowest BCUT2D eigenvalue weighted by Gasteiger charge is -2.19. The van der Waals surface area contributed by atoms with Crippen molar-refractivity contribution in [3.8, 4) is 0 Å². The molecule has 8 heteroatoms. The maximum atomic E-state index is 12.5. The molecule has 1 saturated heterocycles. The number of hydrogen-bond donors (Lipinski definition) is 0. The number of hydrogen-bond acceptors (Lipinski definition) is 6. The van der Waals surface area contributed by atoms with Crippen LogP contribution in [-0.2, 0) is 25.7 Å². The fraction of sp³-hybridized carbons (Fsp3) is 0.429. The van der Waals surface area contributed by atoms with Gasteiger partial charge in [0.2, 0.25) is 11.8 Å². The molecule has 0 bridgehead atoms. The third kappa shape index (κ3) is 3.67. The first-order valence-corrected chi connectivity index (χ1v) is 9.96. The van der Waals surface area contributed by atoms with Crippen LogP contribution in [0.1, 0.15) is 36.8 Å². The van der Waals surface area contributed by atoms with Gasteiger partial charge in [-0.15, -0.1) is 0 Å². The standard InChI is InChI=1S/C21H20ClNO6/c1-11-6-17-15(8-16(11)22)12(7-18(24)29-17)10-28-19(25)9-23-20(26)13-4-2-3-5-14(13)21(23)27/h6-8,13-14H,2-5,9-10H2,1H3. The highest BCUT2D eigenvalue weighted by Crippen LogP contribution is 2.37. The van der Waals surface area contributed by atoms with Crippen LogP contribution in [0.3, 0.4) is 0 Å². The van der Waals surface area contributed by atoms with Crippen LogP contribution >= 0.6 is 11.6 Å². The Kier molecular flexibility index (Phi) is 5.17. The molecule has 7 nitrogen and oxygen atoms in total. The molecule has 2 fully saturated rings. The van der Waals surface area contributed by atoms with Crippen molar-refractivity contribution in [3.05, 3.63) is 44.8 Å². The first-order chi connectivity index (χ1) is 13.8. The number of rotatable bonds is 4. The van der Waals surface area contributed by atoms with Crippen LogP contribution in [0.2, 0.25) is 5.02 Å². The molecule has 2 unspecified atom stereocenters. The second kappa shape index (κ2) is 7.63. The number of halogens is 1. The first-order valence-electron chi connectivity index (χ1n) is 9.59. The number of amides is 2. The van der Waals surface area contributed by atoms with Gasteiger partial charge in [-0.1, -0.05) is 24.4 Å². The Morgan fingerprint density at radius 3 is 2.45 bits per heavy atom. The zero-order chi connectivity index (χ0) is 20.7. The van der Waals surface area contributed by atoms with Gasteiger partial charge >= 0.3 is 11.6 Å². The summed E-state index contributed by atoms with van der Waals surface area (Å²) in [5.41, 5.74) is 0.974. The summed E-state index contributed by atoms with van der Waals surface area (Å²) in [7, 11) is 0. The Balaban J connectivity index is 1.48. The van der Waals surface area contributed by atoms with Crippen molar-refractivity contribution in [3.63, 3.8) is 0 Å². The van der Waals surface area contributed by atoms with Gasteiger partial charge in [-0.3, -0.25) is 19.3 Å². The van der Waals surface area contributed by atoms with E-state index in [1.165, 1.54) is 6.07 Å². The molecule has 2 heterocycles. The summed E-state index contributed by atoms with van der Waals surface area (Å²) in [5.74, 6) is -1.89. The molecule has 0 N–H and O–H groups in total. The molecule has 29 heavy (non-hydrogen) atoms. The van der Waals surface area contributed by atoms with E-state index >= 15 is 0 Å². The van der Waals surface area contributed by atoms with E-state index in [4.69, 9.17) is 20.8 Å². The Hall–Kier alpha value is -2.67. The minimum absolute atomic E-state index is 0.191. The van der Waals surface area contributed by atoms with Gasteiger partial charge in [0, 0.05) is 22.0 Å².